The van der Waals surface area contributed by atoms with Gasteiger partial charge in [-0.05, 0) is 24.1 Å². The first-order chi connectivity index (χ1) is 10.9. The normalized spacial score (nSPS) is 9.96. The van der Waals surface area contributed by atoms with Crippen LogP contribution < -0.4 is 19.5 Å². The summed E-state index contributed by atoms with van der Waals surface area (Å²) in [6, 6.07) is 3.61. The number of carbonyl (C=O) groups is 2. The van der Waals surface area contributed by atoms with Gasteiger partial charge in [0.25, 0.3) is 0 Å². The van der Waals surface area contributed by atoms with Crippen LogP contribution in [0.3, 0.4) is 0 Å². The number of benzene rings is 1. The van der Waals surface area contributed by atoms with E-state index in [1.54, 1.807) is 40.4 Å². The molecule has 1 N–H and O–H groups in total. The summed E-state index contributed by atoms with van der Waals surface area (Å²) >= 11 is 0. The molecule has 0 aliphatic rings. The van der Waals surface area contributed by atoms with Crippen molar-refractivity contribution >= 4 is 11.8 Å². The molecule has 0 aliphatic carbocycles. The minimum atomic E-state index is -0.186. The summed E-state index contributed by atoms with van der Waals surface area (Å²) in [4.78, 5) is 24.7. The standard InChI is InChI=1S/C16H24N2O5/c1-18(2)15(20)10-17-14(19)7-6-11-8-12(21-3)16(23-5)13(9-11)22-4/h8-9H,6-7,10H2,1-5H3,(H,17,19). The van der Waals surface area contributed by atoms with Crippen molar-refractivity contribution in [2.24, 2.45) is 0 Å². The van der Waals surface area contributed by atoms with Crippen LogP contribution in [0.15, 0.2) is 12.1 Å². The Morgan fingerprint density at radius 1 is 1.04 bits per heavy atom. The quantitative estimate of drug-likeness (QED) is 0.767. The van der Waals surface area contributed by atoms with E-state index in [9.17, 15) is 9.59 Å². The summed E-state index contributed by atoms with van der Waals surface area (Å²) in [6.45, 7) is 0.00108. The third kappa shape index (κ3) is 5.36. The van der Waals surface area contributed by atoms with Gasteiger partial charge in [0.05, 0.1) is 27.9 Å². The van der Waals surface area contributed by atoms with Crippen LogP contribution in [0.25, 0.3) is 0 Å². The molecule has 0 bridgehead atoms. The van der Waals surface area contributed by atoms with Crippen LogP contribution in [0.5, 0.6) is 17.2 Å². The Bertz CT molecular complexity index is 532. The number of nitrogens with zero attached hydrogens (tertiary/aromatic N) is 1. The number of nitrogens with one attached hydrogen (secondary N) is 1. The van der Waals surface area contributed by atoms with Crippen LogP contribution in [0.2, 0.25) is 0 Å². The number of hydrogen-bond donors (Lipinski definition) is 1. The van der Waals surface area contributed by atoms with Crippen LogP contribution >= 0.6 is 0 Å². The summed E-state index contributed by atoms with van der Waals surface area (Å²) in [6.07, 6.45) is 0.762. The van der Waals surface area contributed by atoms with Gasteiger partial charge in [0.1, 0.15) is 0 Å². The summed E-state index contributed by atoms with van der Waals surface area (Å²) in [5, 5.41) is 2.60. The SMILES string of the molecule is COc1cc(CCC(=O)NCC(=O)N(C)C)cc(OC)c1OC. The zero-order valence-electron chi connectivity index (χ0n) is 14.3. The number of rotatable bonds is 8. The Labute approximate surface area is 136 Å². The number of carbonyl (C=O) groups excluding carboxylic acids is 2. The molecule has 0 unspecified atom stereocenters. The molecule has 0 atom stereocenters. The molecule has 0 fully saturated rings. The maximum Gasteiger partial charge on any atom is 0.241 e. The minimum absolute atomic E-state index is 0.00108. The van der Waals surface area contributed by atoms with E-state index < -0.39 is 0 Å². The number of methoxy groups -OCH3 is 3. The fraction of sp³-hybridized carbons (Fsp3) is 0.500. The van der Waals surface area contributed by atoms with E-state index >= 15 is 0 Å². The molecule has 1 aromatic rings. The molecule has 0 heterocycles. The first kappa shape index (κ1) is 18.6. The van der Waals surface area contributed by atoms with Gasteiger partial charge in [0, 0.05) is 20.5 Å². The van der Waals surface area contributed by atoms with Crippen molar-refractivity contribution in [2.75, 3.05) is 42.0 Å². The van der Waals surface area contributed by atoms with Crippen LogP contribution in [-0.2, 0) is 16.0 Å². The summed E-state index contributed by atoms with van der Waals surface area (Å²) in [5.74, 6) is 1.27. The van der Waals surface area contributed by atoms with Gasteiger partial charge in [0.15, 0.2) is 11.5 Å². The topological polar surface area (TPSA) is 77.1 Å². The number of aryl methyl sites for hydroxylation is 1. The highest BCUT2D eigenvalue weighted by Gasteiger charge is 2.14. The first-order valence-electron chi connectivity index (χ1n) is 7.18. The van der Waals surface area contributed by atoms with Gasteiger partial charge in [-0.1, -0.05) is 0 Å². The van der Waals surface area contributed by atoms with E-state index in [2.05, 4.69) is 5.32 Å². The Balaban J connectivity index is 2.67. The molecule has 0 saturated carbocycles. The summed E-state index contributed by atoms with van der Waals surface area (Å²) < 4.78 is 15.8. The van der Waals surface area contributed by atoms with Crippen molar-refractivity contribution in [1.82, 2.24) is 10.2 Å². The van der Waals surface area contributed by atoms with Gasteiger partial charge in [-0.3, -0.25) is 9.59 Å². The molecule has 2 amide bonds. The van der Waals surface area contributed by atoms with Gasteiger partial charge >= 0.3 is 0 Å². The Kier molecular flexibility index (Phi) is 7.18. The fourth-order valence-corrected chi connectivity index (χ4v) is 1.96. The number of hydrogen-bond acceptors (Lipinski definition) is 5. The summed E-state index contributed by atoms with van der Waals surface area (Å²) in [7, 11) is 7.91. The van der Waals surface area contributed by atoms with Crippen LogP contribution in [0.4, 0.5) is 0 Å². The van der Waals surface area contributed by atoms with Crippen LogP contribution in [-0.4, -0.2) is 58.7 Å². The maximum absolute atomic E-state index is 11.8. The Hall–Kier alpha value is -2.44. The highest BCUT2D eigenvalue weighted by Crippen LogP contribution is 2.38. The molecule has 1 rings (SSSR count). The smallest absolute Gasteiger partial charge is 0.241 e. The molecular formula is C16H24N2O5. The largest absolute Gasteiger partial charge is 0.493 e. The second-order valence-electron chi connectivity index (χ2n) is 5.10. The van der Waals surface area contributed by atoms with Crippen molar-refractivity contribution < 1.29 is 23.8 Å². The molecule has 23 heavy (non-hydrogen) atoms. The lowest BCUT2D eigenvalue weighted by atomic mass is 10.1. The van der Waals surface area contributed by atoms with Crippen LogP contribution in [0.1, 0.15) is 12.0 Å². The second-order valence-corrected chi connectivity index (χ2v) is 5.10. The summed E-state index contributed by atoms with van der Waals surface area (Å²) in [5.41, 5.74) is 0.883. The Morgan fingerprint density at radius 2 is 1.61 bits per heavy atom. The van der Waals surface area contributed by atoms with Gasteiger partial charge in [-0.2, -0.15) is 0 Å². The molecule has 0 spiro atoms. The zero-order chi connectivity index (χ0) is 17.4. The Morgan fingerprint density at radius 3 is 2.04 bits per heavy atom. The number of likely N-dealkylation sites (N-methyl/N-ethyl adjacent to an activating group) is 1. The fourth-order valence-electron chi connectivity index (χ4n) is 1.96. The molecule has 0 radical (unpaired) electrons. The zero-order valence-corrected chi connectivity index (χ0v) is 14.3. The van der Waals surface area contributed by atoms with E-state index in [0.717, 1.165) is 5.56 Å². The van der Waals surface area contributed by atoms with E-state index in [1.165, 1.54) is 12.0 Å². The van der Waals surface area contributed by atoms with Gasteiger partial charge in [-0.25, -0.2) is 0 Å². The predicted octanol–water partition coefficient (Wildman–Crippen LogP) is 0.849. The van der Waals surface area contributed by atoms with E-state index in [0.29, 0.717) is 23.7 Å². The van der Waals surface area contributed by atoms with Crippen molar-refractivity contribution in [3.05, 3.63) is 17.7 Å². The lowest BCUT2D eigenvalue weighted by molar-refractivity contribution is -0.130. The van der Waals surface area contributed by atoms with Gasteiger partial charge in [0.2, 0.25) is 17.6 Å². The second kappa shape index (κ2) is 8.87. The molecule has 0 aromatic heterocycles. The van der Waals surface area contributed by atoms with Crippen molar-refractivity contribution in [1.29, 1.82) is 0 Å². The highest BCUT2D eigenvalue weighted by molar-refractivity contribution is 5.84. The lowest BCUT2D eigenvalue weighted by Crippen LogP contribution is -2.36. The van der Waals surface area contributed by atoms with Gasteiger partial charge < -0.3 is 24.4 Å². The van der Waals surface area contributed by atoms with Crippen LogP contribution in [0, 0.1) is 0 Å². The minimum Gasteiger partial charge on any atom is -0.493 e. The highest BCUT2D eigenvalue weighted by atomic mass is 16.5. The third-order valence-electron chi connectivity index (χ3n) is 3.30. The van der Waals surface area contributed by atoms with E-state index in [1.807, 2.05) is 0 Å². The first-order valence-corrected chi connectivity index (χ1v) is 7.18. The van der Waals surface area contributed by atoms with Crippen molar-refractivity contribution in [2.45, 2.75) is 12.8 Å². The monoisotopic (exact) mass is 324 g/mol. The molecule has 128 valence electrons. The third-order valence-corrected chi connectivity index (χ3v) is 3.30. The average Bonchev–Trinajstić information content (AvgIpc) is 2.56. The predicted molar refractivity (Wildman–Crippen MR) is 86.1 cm³/mol. The molecule has 0 aliphatic heterocycles. The molecule has 1 aromatic carbocycles. The van der Waals surface area contributed by atoms with Gasteiger partial charge in [-0.15, -0.1) is 0 Å². The molecular weight excluding hydrogens is 300 g/mol. The molecule has 0 saturated heterocycles. The molecule has 7 heteroatoms. The van der Waals surface area contributed by atoms with E-state index in [-0.39, 0.29) is 24.8 Å². The van der Waals surface area contributed by atoms with Crippen molar-refractivity contribution in [3.63, 3.8) is 0 Å². The van der Waals surface area contributed by atoms with Crippen molar-refractivity contribution in [3.8, 4) is 17.2 Å². The molecule has 7 nitrogen and oxygen atoms in total. The number of ether oxygens (including phenoxy) is 3. The lowest BCUT2D eigenvalue weighted by Gasteiger charge is -2.14. The average molecular weight is 324 g/mol. The number of amides is 2. The maximum atomic E-state index is 11.8. The van der Waals surface area contributed by atoms with E-state index in [4.69, 9.17) is 14.2 Å².